The quantitative estimate of drug-likeness (QED) is 0.189. The van der Waals surface area contributed by atoms with E-state index in [2.05, 4.69) is 4.98 Å². The molecule has 0 spiro atoms. The maximum absolute atomic E-state index is 13.3. The lowest BCUT2D eigenvalue weighted by Crippen LogP contribution is -2.31. The Morgan fingerprint density at radius 2 is 1.68 bits per heavy atom. The molecule has 38 heavy (non-hydrogen) atoms. The van der Waals surface area contributed by atoms with Gasteiger partial charge >= 0.3 is 0 Å². The lowest BCUT2D eigenvalue weighted by atomic mass is 9.95. The summed E-state index contributed by atoms with van der Waals surface area (Å²) < 4.78 is 13.1. The Morgan fingerprint density at radius 1 is 0.921 bits per heavy atom. The van der Waals surface area contributed by atoms with Gasteiger partial charge in [-0.2, -0.15) is 0 Å². The summed E-state index contributed by atoms with van der Waals surface area (Å²) in [6.45, 7) is 0.946. The van der Waals surface area contributed by atoms with Crippen molar-refractivity contribution >= 4 is 17.4 Å². The number of carbonyl (C=O) groups excluding carboxylic acids is 2. The molecule has 3 aromatic carbocycles. The number of para-hydroxylation sites is 1. The standard InChI is InChI=1S/C30H27N3O5/c1-37-23-13-11-21(12-14-23)28(34)26-27(22-7-5-10-25(19-22)38-24-8-3-2-4-9-24)33(30(36)29(26)35)17-6-16-32-18-15-31-20-32/h2-5,7-15,18-20,27,34H,6,16-17H2,1H3. The highest BCUT2D eigenvalue weighted by molar-refractivity contribution is 6.46. The van der Waals surface area contributed by atoms with Crippen molar-refractivity contribution in [2.45, 2.75) is 19.0 Å². The van der Waals surface area contributed by atoms with Gasteiger partial charge in [0.25, 0.3) is 11.7 Å². The summed E-state index contributed by atoms with van der Waals surface area (Å²) in [5.74, 6) is 0.233. The van der Waals surface area contributed by atoms with Crippen LogP contribution in [0.3, 0.4) is 0 Å². The minimum Gasteiger partial charge on any atom is -0.507 e. The third kappa shape index (κ3) is 5.15. The monoisotopic (exact) mass is 509 g/mol. The number of hydrogen-bond donors (Lipinski definition) is 1. The molecule has 1 aromatic heterocycles. The van der Waals surface area contributed by atoms with Gasteiger partial charge in [0.05, 0.1) is 25.1 Å². The number of nitrogens with zero attached hydrogens (tertiary/aromatic N) is 3. The number of Topliss-reactive ketones (excluding diaryl/α,β-unsaturated/α-hetero) is 1. The van der Waals surface area contributed by atoms with E-state index in [1.807, 2.05) is 59.3 Å². The third-order valence-corrected chi connectivity index (χ3v) is 6.43. The average molecular weight is 510 g/mol. The molecular formula is C30H27N3O5. The number of aromatic nitrogens is 2. The molecular weight excluding hydrogens is 482 g/mol. The van der Waals surface area contributed by atoms with E-state index in [4.69, 9.17) is 9.47 Å². The van der Waals surface area contributed by atoms with Crippen LogP contribution in [-0.2, 0) is 16.1 Å². The van der Waals surface area contributed by atoms with E-state index < -0.39 is 17.7 Å². The number of amides is 1. The zero-order chi connectivity index (χ0) is 26.5. The van der Waals surface area contributed by atoms with E-state index >= 15 is 0 Å². The van der Waals surface area contributed by atoms with E-state index in [1.54, 1.807) is 50.0 Å². The summed E-state index contributed by atoms with van der Waals surface area (Å²) in [5, 5.41) is 11.3. The van der Waals surface area contributed by atoms with Gasteiger partial charge in [-0.15, -0.1) is 0 Å². The first kappa shape index (κ1) is 24.8. The Labute approximate surface area is 220 Å². The number of rotatable bonds is 9. The van der Waals surface area contributed by atoms with Gasteiger partial charge in [-0.1, -0.05) is 30.3 Å². The normalized spacial score (nSPS) is 16.6. The lowest BCUT2D eigenvalue weighted by molar-refractivity contribution is -0.139. The van der Waals surface area contributed by atoms with E-state index in [0.717, 1.165) is 0 Å². The van der Waals surface area contributed by atoms with Crippen LogP contribution in [0, 0.1) is 0 Å². The highest BCUT2D eigenvalue weighted by Gasteiger charge is 2.45. The Balaban J connectivity index is 1.53. The van der Waals surface area contributed by atoms with Crippen LogP contribution in [-0.4, -0.2) is 44.9 Å². The van der Waals surface area contributed by atoms with Crippen molar-refractivity contribution in [3.63, 3.8) is 0 Å². The first-order chi connectivity index (χ1) is 18.5. The van der Waals surface area contributed by atoms with E-state index in [-0.39, 0.29) is 11.3 Å². The fourth-order valence-electron chi connectivity index (χ4n) is 4.58. The zero-order valence-corrected chi connectivity index (χ0v) is 20.9. The van der Waals surface area contributed by atoms with Crippen LogP contribution in [0.1, 0.15) is 23.6 Å². The third-order valence-electron chi connectivity index (χ3n) is 6.43. The van der Waals surface area contributed by atoms with Crippen LogP contribution in [0.15, 0.2) is 103 Å². The van der Waals surface area contributed by atoms with Crippen molar-refractivity contribution in [1.82, 2.24) is 14.5 Å². The minimum absolute atomic E-state index is 0.0414. The Bertz CT molecular complexity index is 1450. The number of imidazole rings is 1. The van der Waals surface area contributed by atoms with Crippen molar-refractivity contribution in [2.24, 2.45) is 0 Å². The molecule has 1 unspecified atom stereocenters. The number of aliphatic hydroxyl groups is 1. The zero-order valence-electron chi connectivity index (χ0n) is 20.9. The molecule has 1 aliphatic heterocycles. The van der Waals surface area contributed by atoms with Crippen LogP contribution in [0.5, 0.6) is 17.2 Å². The van der Waals surface area contributed by atoms with Gasteiger partial charge in [-0.25, -0.2) is 4.98 Å². The average Bonchev–Trinajstić information content (AvgIpc) is 3.56. The minimum atomic E-state index is -0.779. The fourth-order valence-corrected chi connectivity index (χ4v) is 4.58. The van der Waals surface area contributed by atoms with Gasteiger partial charge in [-0.3, -0.25) is 9.59 Å². The largest absolute Gasteiger partial charge is 0.507 e. The van der Waals surface area contributed by atoms with E-state index in [1.165, 1.54) is 4.90 Å². The SMILES string of the molecule is COc1ccc(C(O)=C2C(=O)C(=O)N(CCCn3ccnc3)C2c2cccc(Oc3ccccc3)c2)cc1. The number of aliphatic hydroxyl groups excluding tert-OH is 1. The highest BCUT2D eigenvalue weighted by Crippen LogP contribution is 2.41. The predicted octanol–water partition coefficient (Wildman–Crippen LogP) is 5.20. The Morgan fingerprint density at radius 3 is 2.39 bits per heavy atom. The molecule has 8 nitrogen and oxygen atoms in total. The fraction of sp³-hybridized carbons (Fsp3) is 0.167. The molecule has 5 rings (SSSR count). The number of ketones is 1. The van der Waals surface area contributed by atoms with Gasteiger partial charge in [0.15, 0.2) is 0 Å². The molecule has 1 N–H and O–H groups in total. The highest BCUT2D eigenvalue weighted by atomic mass is 16.5. The van der Waals surface area contributed by atoms with Gasteiger partial charge in [-0.05, 0) is 60.5 Å². The van der Waals surface area contributed by atoms with Gasteiger partial charge in [0, 0.05) is 31.0 Å². The molecule has 1 amide bonds. The number of carbonyl (C=O) groups is 2. The van der Waals surface area contributed by atoms with E-state index in [0.29, 0.717) is 47.9 Å². The van der Waals surface area contributed by atoms with Crippen LogP contribution in [0.25, 0.3) is 5.76 Å². The molecule has 0 aliphatic carbocycles. The van der Waals surface area contributed by atoms with Crippen LogP contribution < -0.4 is 9.47 Å². The molecule has 8 heteroatoms. The van der Waals surface area contributed by atoms with E-state index in [9.17, 15) is 14.7 Å². The van der Waals surface area contributed by atoms with Gasteiger partial charge < -0.3 is 24.0 Å². The maximum atomic E-state index is 13.3. The summed E-state index contributed by atoms with van der Waals surface area (Å²) in [7, 11) is 1.55. The number of hydrogen-bond acceptors (Lipinski definition) is 6. The Hall–Kier alpha value is -4.85. The molecule has 2 heterocycles. The molecule has 1 saturated heterocycles. The first-order valence-corrected chi connectivity index (χ1v) is 12.3. The van der Waals surface area contributed by atoms with Crippen molar-refractivity contribution in [3.05, 3.63) is 114 Å². The molecule has 1 fully saturated rings. The van der Waals surface area contributed by atoms with Crippen molar-refractivity contribution in [3.8, 4) is 17.2 Å². The molecule has 1 atom stereocenters. The first-order valence-electron chi connectivity index (χ1n) is 12.3. The molecule has 0 bridgehead atoms. The number of aryl methyl sites for hydroxylation is 1. The Kier molecular flexibility index (Phi) is 7.21. The molecule has 0 radical (unpaired) electrons. The molecule has 0 saturated carbocycles. The summed E-state index contributed by atoms with van der Waals surface area (Å²) in [4.78, 5) is 32.2. The second kappa shape index (κ2) is 11.0. The second-order valence-electron chi connectivity index (χ2n) is 8.86. The van der Waals surface area contributed by atoms with Crippen molar-refractivity contribution < 1.29 is 24.2 Å². The topological polar surface area (TPSA) is 93.9 Å². The van der Waals surface area contributed by atoms with Gasteiger partial charge in [0.1, 0.15) is 23.0 Å². The van der Waals surface area contributed by atoms with Crippen LogP contribution in [0.2, 0.25) is 0 Å². The molecule has 1 aliphatic rings. The van der Waals surface area contributed by atoms with Crippen molar-refractivity contribution in [2.75, 3.05) is 13.7 Å². The summed E-state index contributed by atoms with van der Waals surface area (Å²) in [5.41, 5.74) is 1.12. The second-order valence-corrected chi connectivity index (χ2v) is 8.86. The number of methoxy groups -OCH3 is 1. The van der Waals surface area contributed by atoms with Crippen LogP contribution >= 0.6 is 0 Å². The van der Waals surface area contributed by atoms with Gasteiger partial charge in [0.2, 0.25) is 0 Å². The maximum Gasteiger partial charge on any atom is 0.295 e. The molecule has 4 aromatic rings. The summed E-state index contributed by atoms with van der Waals surface area (Å²) in [6, 6.07) is 22.5. The predicted molar refractivity (Wildman–Crippen MR) is 142 cm³/mol. The number of likely N-dealkylation sites (tertiary alicyclic amines) is 1. The lowest BCUT2D eigenvalue weighted by Gasteiger charge is -2.26. The smallest absolute Gasteiger partial charge is 0.295 e. The number of ether oxygens (including phenoxy) is 2. The molecule has 192 valence electrons. The van der Waals surface area contributed by atoms with Crippen molar-refractivity contribution in [1.29, 1.82) is 0 Å². The summed E-state index contributed by atoms with van der Waals surface area (Å²) >= 11 is 0. The number of benzene rings is 3. The summed E-state index contributed by atoms with van der Waals surface area (Å²) in [6.07, 6.45) is 5.85. The van der Waals surface area contributed by atoms with Crippen LogP contribution in [0.4, 0.5) is 0 Å².